The molecule has 0 bridgehead atoms. The molecule has 0 aliphatic carbocycles. The van der Waals surface area contributed by atoms with Crippen molar-refractivity contribution in [3.8, 4) is 11.8 Å². The van der Waals surface area contributed by atoms with E-state index in [9.17, 15) is 10.1 Å². The summed E-state index contributed by atoms with van der Waals surface area (Å²) >= 11 is 3.26. The Kier molecular flexibility index (Phi) is 5.27. The second kappa shape index (κ2) is 6.50. The lowest BCUT2D eigenvalue weighted by Gasteiger charge is -2.22. The van der Waals surface area contributed by atoms with E-state index >= 15 is 0 Å². The van der Waals surface area contributed by atoms with Gasteiger partial charge < -0.3 is 4.74 Å². The monoisotopic (exact) mass is 327 g/mol. The van der Waals surface area contributed by atoms with Gasteiger partial charge in [-0.3, -0.25) is 15.4 Å². The minimum absolute atomic E-state index is 0.0553. The Morgan fingerprint density at radius 2 is 2.32 bits per heavy atom. The van der Waals surface area contributed by atoms with Crippen molar-refractivity contribution in [3.05, 3.63) is 32.8 Å². The van der Waals surface area contributed by atoms with Crippen LogP contribution in [0.5, 0.6) is 5.75 Å². The quantitative estimate of drug-likeness (QED) is 0.640. The fourth-order valence-electron chi connectivity index (χ4n) is 1.45. The number of rotatable bonds is 6. The van der Waals surface area contributed by atoms with Crippen LogP contribution >= 0.6 is 15.9 Å². The van der Waals surface area contributed by atoms with Gasteiger partial charge in [0.15, 0.2) is 0 Å². The Bertz CT molecular complexity index is 515. The molecule has 1 rings (SSSR count). The Balaban J connectivity index is 2.85. The van der Waals surface area contributed by atoms with E-state index in [1.165, 1.54) is 12.1 Å². The summed E-state index contributed by atoms with van der Waals surface area (Å²) in [5.41, 5.74) is -0.890. The van der Waals surface area contributed by atoms with E-state index < -0.39 is 10.5 Å². The third-order valence-corrected chi connectivity index (χ3v) is 3.11. The van der Waals surface area contributed by atoms with Crippen molar-refractivity contribution in [2.24, 2.45) is 0 Å². The predicted molar refractivity (Wildman–Crippen MR) is 74.0 cm³/mol. The van der Waals surface area contributed by atoms with Gasteiger partial charge >= 0.3 is 0 Å². The van der Waals surface area contributed by atoms with E-state index in [-0.39, 0.29) is 12.3 Å². The summed E-state index contributed by atoms with van der Waals surface area (Å²) in [5.74, 6) is 0.341. The topological polar surface area (TPSA) is 88.2 Å². The van der Waals surface area contributed by atoms with E-state index in [2.05, 4.69) is 27.3 Å². The average molecular weight is 328 g/mol. The fourth-order valence-corrected chi connectivity index (χ4v) is 1.81. The third-order valence-electron chi connectivity index (χ3n) is 2.46. The molecule has 0 radical (unpaired) electrons. The van der Waals surface area contributed by atoms with Crippen molar-refractivity contribution < 1.29 is 9.66 Å². The van der Waals surface area contributed by atoms with Gasteiger partial charge in [0.1, 0.15) is 17.9 Å². The number of ether oxygens (including phenoxy) is 1. The van der Waals surface area contributed by atoms with Gasteiger partial charge in [0.05, 0.1) is 21.5 Å². The highest BCUT2D eigenvalue weighted by Gasteiger charge is 2.24. The first-order chi connectivity index (χ1) is 8.91. The molecule has 0 spiro atoms. The Morgan fingerprint density at radius 1 is 1.63 bits per heavy atom. The number of non-ortho nitro benzene ring substituents is 1. The lowest BCUT2D eigenvalue weighted by Crippen LogP contribution is -2.46. The van der Waals surface area contributed by atoms with Gasteiger partial charge in [0, 0.05) is 6.07 Å². The number of nitriles is 1. The van der Waals surface area contributed by atoms with Gasteiger partial charge in [-0.15, -0.1) is 0 Å². The maximum absolute atomic E-state index is 10.7. The van der Waals surface area contributed by atoms with Crippen LogP contribution in [0.2, 0.25) is 0 Å². The zero-order chi connectivity index (χ0) is 14.5. The van der Waals surface area contributed by atoms with Crippen LogP contribution in [0.3, 0.4) is 0 Å². The van der Waals surface area contributed by atoms with Crippen LogP contribution in [-0.2, 0) is 0 Å². The number of likely N-dealkylation sites (N-methyl/N-ethyl adjacent to an activating group) is 1. The largest absolute Gasteiger partial charge is 0.489 e. The first kappa shape index (κ1) is 15.4. The highest BCUT2D eigenvalue weighted by Crippen LogP contribution is 2.29. The highest BCUT2D eigenvalue weighted by atomic mass is 79.9. The van der Waals surface area contributed by atoms with E-state index in [1.54, 1.807) is 13.0 Å². The molecule has 0 saturated carbocycles. The van der Waals surface area contributed by atoms with E-state index in [4.69, 9.17) is 10.00 Å². The van der Waals surface area contributed by atoms with Crippen LogP contribution in [0.25, 0.3) is 0 Å². The standard InChI is InChI=1S/C12H14BrN3O3/c1-3-15-12(2,7-14)8-19-11-6-9(16(17)18)4-5-10(11)13/h4-6,15H,3,8H2,1-2H3. The summed E-state index contributed by atoms with van der Waals surface area (Å²) in [6, 6.07) is 6.37. The maximum Gasteiger partial charge on any atom is 0.273 e. The van der Waals surface area contributed by atoms with E-state index in [0.717, 1.165) is 0 Å². The first-order valence-electron chi connectivity index (χ1n) is 5.65. The van der Waals surface area contributed by atoms with Crippen molar-refractivity contribution in [1.29, 1.82) is 5.26 Å². The van der Waals surface area contributed by atoms with Crippen molar-refractivity contribution in [2.45, 2.75) is 19.4 Å². The zero-order valence-electron chi connectivity index (χ0n) is 10.6. The number of nitrogens with one attached hydrogen (secondary N) is 1. The summed E-state index contributed by atoms with van der Waals surface area (Å²) in [7, 11) is 0. The molecule has 1 atom stereocenters. The number of halogens is 1. The molecule has 1 unspecified atom stereocenters. The van der Waals surface area contributed by atoms with Crippen LogP contribution in [-0.4, -0.2) is 23.6 Å². The van der Waals surface area contributed by atoms with Crippen LogP contribution < -0.4 is 10.1 Å². The molecular weight excluding hydrogens is 314 g/mol. The minimum Gasteiger partial charge on any atom is -0.489 e. The highest BCUT2D eigenvalue weighted by molar-refractivity contribution is 9.10. The summed E-state index contributed by atoms with van der Waals surface area (Å²) in [6.07, 6.45) is 0. The van der Waals surface area contributed by atoms with Gasteiger partial charge in [0.25, 0.3) is 5.69 Å². The predicted octanol–water partition coefficient (Wildman–Crippen LogP) is 2.63. The van der Waals surface area contributed by atoms with Gasteiger partial charge in [-0.25, -0.2) is 0 Å². The number of benzene rings is 1. The van der Waals surface area contributed by atoms with Crippen molar-refractivity contribution in [3.63, 3.8) is 0 Å². The summed E-state index contributed by atoms with van der Waals surface area (Å²) < 4.78 is 6.11. The van der Waals surface area contributed by atoms with Crippen LogP contribution in [0.15, 0.2) is 22.7 Å². The number of nitro benzene ring substituents is 1. The SMILES string of the molecule is CCNC(C)(C#N)COc1cc([N+](=O)[O-])ccc1Br. The van der Waals surface area contributed by atoms with Gasteiger partial charge in [-0.05, 0) is 35.5 Å². The van der Waals surface area contributed by atoms with Crippen LogP contribution in [0, 0.1) is 21.4 Å². The molecule has 0 fully saturated rings. The molecule has 1 aromatic rings. The molecule has 0 amide bonds. The Hall–Kier alpha value is -1.65. The minimum atomic E-state index is -0.835. The van der Waals surface area contributed by atoms with Gasteiger partial charge in [0.2, 0.25) is 0 Å². The Morgan fingerprint density at radius 3 is 2.84 bits per heavy atom. The summed E-state index contributed by atoms with van der Waals surface area (Å²) in [5, 5.41) is 22.8. The summed E-state index contributed by atoms with van der Waals surface area (Å²) in [4.78, 5) is 10.2. The van der Waals surface area contributed by atoms with Crippen molar-refractivity contribution in [2.75, 3.05) is 13.2 Å². The number of hydrogen-bond acceptors (Lipinski definition) is 5. The molecule has 7 heteroatoms. The lowest BCUT2D eigenvalue weighted by atomic mass is 10.1. The molecule has 19 heavy (non-hydrogen) atoms. The maximum atomic E-state index is 10.7. The smallest absolute Gasteiger partial charge is 0.273 e. The van der Waals surface area contributed by atoms with Crippen LogP contribution in [0.1, 0.15) is 13.8 Å². The van der Waals surface area contributed by atoms with E-state index in [1.807, 2.05) is 6.92 Å². The molecule has 0 aliphatic rings. The molecular formula is C12H14BrN3O3. The third kappa shape index (κ3) is 4.19. The second-order valence-corrected chi connectivity index (χ2v) is 4.99. The molecule has 0 aromatic heterocycles. The molecule has 0 aliphatic heterocycles. The molecule has 102 valence electrons. The number of nitrogens with zero attached hydrogens (tertiary/aromatic N) is 2. The second-order valence-electron chi connectivity index (χ2n) is 4.13. The molecule has 6 nitrogen and oxygen atoms in total. The molecule has 0 heterocycles. The molecule has 0 saturated heterocycles. The Labute approximate surface area is 119 Å². The zero-order valence-corrected chi connectivity index (χ0v) is 12.2. The van der Waals surface area contributed by atoms with Crippen molar-refractivity contribution in [1.82, 2.24) is 5.32 Å². The van der Waals surface area contributed by atoms with Gasteiger partial charge in [-0.1, -0.05) is 6.92 Å². The summed E-state index contributed by atoms with van der Waals surface area (Å²) in [6.45, 7) is 4.32. The number of hydrogen-bond donors (Lipinski definition) is 1. The van der Waals surface area contributed by atoms with Crippen molar-refractivity contribution >= 4 is 21.6 Å². The normalized spacial score (nSPS) is 13.4. The first-order valence-corrected chi connectivity index (χ1v) is 6.44. The van der Waals surface area contributed by atoms with E-state index in [0.29, 0.717) is 16.8 Å². The van der Waals surface area contributed by atoms with Gasteiger partial charge in [-0.2, -0.15) is 5.26 Å². The lowest BCUT2D eigenvalue weighted by molar-refractivity contribution is -0.385. The number of nitro groups is 1. The molecule has 1 aromatic carbocycles. The molecule has 1 N–H and O–H groups in total. The average Bonchev–Trinajstić information content (AvgIpc) is 2.38. The van der Waals surface area contributed by atoms with Crippen LogP contribution in [0.4, 0.5) is 5.69 Å². The fraction of sp³-hybridized carbons (Fsp3) is 0.417.